The first kappa shape index (κ1) is 15.4. The van der Waals surface area contributed by atoms with Crippen LogP contribution in [0.4, 0.5) is 5.82 Å². The number of hydrogen-bond acceptors (Lipinski definition) is 7. The van der Waals surface area contributed by atoms with Crippen molar-refractivity contribution in [3.8, 4) is 0 Å². The molecule has 2 rings (SSSR count). The number of rotatable bonds is 8. The van der Waals surface area contributed by atoms with Crippen LogP contribution < -0.4 is 10.0 Å². The molecule has 2 aromatic rings. The maximum atomic E-state index is 12.2. The largest absolute Gasteiger partial charge is 0.370 e. The molecule has 0 fully saturated rings. The molecule has 0 aliphatic rings. The van der Waals surface area contributed by atoms with Gasteiger partial charge in [0.25, 0.3) is 0 Å². The van der Waals surface area contributed by atoms with Crippen molar-refractivity contribution in [2.24, 2.45) is 0 Å². The smallest absolute Gasteiger partial charge is 0.240 e. The summed E-state index contributed by atoms with van der Waals surface area (Å²) in [6, 6.07) is 2.96. The number of sulfonamides is 1. The molecule has 8 nitrogen and oxygen atoms in total. The molecule has 0 aromatic carbocycles. The SMILES string of the molecule is CCCNc1cc(S(=O)(=O)NCCc2ncon2)ccn1. The van der Waals surface area contributed by atoms with Gasteiger partial charge in [-0.05, 0) is 12.5 Å². The van der Waals surface area contributed by atoms with Gasteiger partial charge in [-0.15, -0.1) is 0 Å². The number of pyridine rings is 1. The minimum atomic E-state index is -3.58. The van der Waals surface area contributed by atoms with Crippen molar-refractivity contribution >= 4 is 15.8 Å². The van der Waals surface area contributed by atoms with E-state index < -0.39 is 10.0 Å². The van der Waals surface area contributed by atoms with Crippen LogP contribution in [0.5, 0.6) is 0 Å². The van der Waals surface area contributed by atoms with Gasteiger partial charge in [-0.25, -0.2) is 18.1 Å². The number of nitrogens with one attached hydrogen (secondary N) is 2. The lowest BCUT2D eigenvalue weighted by Crippen LogP contribution is -2.26. The topological polar surface area (TPSA) is 110 Å². The third-order valence-electron chi connectivity index (χ3n) is 2.65. The maximum absolute atomic E-state index is 12.2. The summed E-state index contributed by atoms with van der Waals surface area (Å²) >= 11 is 0. The van der Waals surface area contributed by atoms with Crippen LogP contribution in [0, 0.1) is 0 Å². The standard InChI is InChI=1S/C12H17N5O3S/c1-2-5-13-12-8-10(3-6-14-12)21(18,19)16-7-4-11-15-9-20-17-11/h3,6,8-9,16H,2,4-5,7H2,1H3,(H,13,14). The predicted octanol–water partition coefficient (Wildman–Crippen LogP) is 0.807. The molecule has 114 valence electrons. The highest BCUT2D eigenvalue weighted by molar-refractivity contribution is 7.89. The number of aromatic nitrogens is 3. The van der Waals surface area contributed by atoms with Crippen molar-refractivity contribution in [1.29, 1.82) is 0 Å². The van der Waals surface area contributed by atoms with E-state index >= 15 is 0 Å². The summed E-state index contributed by atoms with van der Waals surface area (Å²) in [7, 11) is -3.58. The molecule has 2 aromatic heterocycles. The molecule has 2 N–H and O–H groups in total. The zero-order valence-electron chi connectivity index (χ0n) is 11.6. The fourth-order valence-corrected chi connectivity index (χ4v) is 2.66. The zero-order valence-corrected chi connectivity index (χ0v) is 12.4. The second-order valence-electron chi connectivity index (χ2n) is 4.30. The summed E-state index contributed by atoms with van der Waals surface area (Å²) in [5, 5.41) is 6.67. The van der Waals surface area contributed by atoms with Gasteiger partial charge in [0.1, 0.15) is 5.82 Å². The van der Waals surface area contributed by atoms with Gasteiger partial charge in [-0.1, -0.05) is 12.1 Å². The Balaban J connectivity index is 1.98. The lowest BCUT2D eigenvalue weighted by atomic mass is 10.4. The highest BCUT2D eigenvalue weighted by Crippen LogP contribution is 2.12. The van der Waals surface area contributed by atoms with E-state index in [1.54, 1.807) is 0 Å². The van der Waals surface area contributed by atoms with Gasteiger partial charge in [0, 0.05) is 31.8 Å². The molecule has 0 aliphatic carbocycles. The Morgan fingerprint density at radius 1 is 1.29 bits per heavy atom. The third kappa shape index (κ3) is 4.50. The summed E-state index contributed by atoms with van der Waals surface area (Å²) in [5.74, 6) is 0.996. The zero-order chi connectivity index (χ0) is 15.1. The molecule has 0 radical (unpaired) electrons. The number of anilines is 1. The van der Waals surface area contributed by atoms with Crippen LogP contribution >= 0.6 is 0 Å². The minimum Gasteiger partial charge on any atom is -0.370 e. The van der Waals surface area contributed by atoms with Crippen LogP contribution in [0.1, 0.15) is 19.2 Å². The van der Waals surface area contributed by atoms with Gasteiger partial charge >= 0.3 is 0 Å². The molecule has 0 bridgehead atoms. The third-order valence-corrected chi connectivity index (χ3v) is 4.10. The average molecular weight is 311 g/mol. The van der Waals surface area contributed by atoms with Gasteiger partial charge in [0.15, 0.2) is 5.82 Å². The van der Waals surface area contributed by atoms with Gasteiger partial charge in [-0.2, -0.15) is 4.98 Å². The Morgan fingerprint density at radius 3 is 2.86 bits per heavy atom. The van der Waals surface area contributed by atoms with Gasteiger partial charge in [0.2, 0.25) is 16.4 Å². The Bertz CT molecular complexity index is 657. The van der Waals surface area contributed by atoms with E-state index in [1.807, 2.05) is 6.92 Å². The van der Waals surface area contributed by atoms with Crippen LogP contribution in [-0.2, 0) is 16.4 Å². The normalized spacial score (nSPS) is 11.5. The quantitative estimate of drug-likeness (QED) is 0.742. The van der Waals surface area contributed by atoms with E-state index in [2.05, 4.69) is 29.7 Å². The summed E-state index contributed by atoms with van der Waals surface area (Å²) < 4.78 is 31.4. The number of nitrogens with zero attached hydrogens (tertiary/aromatic N) is 3. The molecule has 9 heteroatoms. The fraction of sp³-hybridized carbons (Fsp3) is 0.417. The minimum absolute atomic E-state index is 0.171. The molecule has 21 heavy (non-hydrogen) atoms. The van der Waals surface area contributed by atoms with E-state index in [0.717, 1.165) is 13.0 Å². The van der Waals surface area contributed by atoms with Gasteiger partial charge in [0.05, 0.1) is 4.90 Å². The van der Waals surface area contributed by atoms with Crippen molar-refractivity contribution in [2.45, 2.75) is 24.7 Å². The van der Waals surface area contributed by atoms with Crippen molar-refractivity contribution in [3.05, 3.63) is 30.5 Å². The van der Waals surface area contributed by atoms with Crippen LogP contribution in [-0.4, -0.2) is 36.6 Å². The molecule has 0 amide bonds. The Labute approximate surface area is 123 Å². The molecular formula is C12H17N5O3S. The molecule has 0 saturated heterocycles. The first-order valence-electron chi connectivity index (χ1n) is 6.56. The summed E-state index contributed by atoms with van der Waals surface area (Å²) in [5.41, 5.74) is 0. The summed E-state index contributed by atoms with van der Waals surface area (Å²) in [4.78, 5) is 8.07. The highest BCUT2D eigenvalue weighted by atomic mass is 32.2. The molecule has 0 aliphatic heterocycles. The Hall–Kier alpha value is -2.00. The summed E-state index contributed by atoms with van der Waals surface area (Å²) in [6.07, 6.45) is 3.97. The lowest BCUT2D eigenvalue weighted by molar-refractivity contribution is 0.410. The summed E-state index contributed by atoms with van der Waals surface area (Å²) in [6.45, 7) is 2.96. The van der Waals surface area contributed by atoms with E-state index in [-0.39, 0.29) is 11.4 Å². The van der Waals surface area contributed by atoms with Crippen LogP contribution in [0.3, 0.4) is 0 Å². The molecule has 0 spiro atoms. The highest BCUT2D eigenvalue weighted by Gasteiger charge is 2.14. The van der Waals surface area contributed by atoms with Crippen molar-refractivity contribution in [1.82, 2.24) is 19.8 Å². The second-order valence-corrected chi connectivity index (χ2v) is 6.07. The first-order valence-corrected chi connectivity index (χ1v) is 8.05. The second kappa shape index (κ2) is 7.14. The van der Waals surface area contributed by atoms with Crippen molar-refractivity contribution in [3.63, 3.8) is 0 Å². The monoisotopic (exact) mass is 311 g/mol. The fourth-order valence-electron chi connectivity index (χ4n) is 1.61. The average Bonchev–Trinajstić information content (AvgIpc) is 2.98. The van der Waals surface area contributed by atoms with Crippen LogP contribution in [0.25, 0.3) is 0 Å². The van der Waals surface area contributed by atoms with Crippen LogP contribution in [0.15, 0.2) is 34.1 Å². The van der Waals surface area contributed by atoms with E-state index in [0.29, 0.717) is 18.1 Å². The van der Waals surface area contributed by atoms with Crippen LogP contribution in [0.2, 0.25) is 0 Å². The molecule has 0 unspecified atom stereocenters. The van der Waals surface area contributed by atoms with Gasteiger partial charge < -0.3 is 9.84 Å². The van der Waals surface area contributed by atoms with E-state index in [1.165, 1.54) is 24.7 Å². The maximum Gasteiger partial charge on any atom is 0.240 e. The van der Waals surface area contributed by atoms with E-state index in [9.17, 15) is 8.42 Å². The number of hydrogen-bond donors (Lipinski definition) is 2. The van der Waals surface area contributed by atoms with Crippen molar-refractivity contribution in [2.75, 3.05) is 18.4 Å². The van der Waals surface area contributed by atoms with Gasteiger partial charge in [-0.3, -0.25) is 0 Å². The first-order chi connectivity index (χ1) is 10.1. The van der Waals surface area contributed by atoms with E-state index in [4.69, 9.17) is 0 Å². The Morgan fingerprint density at radius 2 is 2.14 bits per heavy atom. The lowest BCUT2D eigenvalue weighted by Gasteiger charge is -2.08. The molecule has 0 saturated carbocycles. The molecule has 0 atom stereocenters. The Kier molecular flexibility index (Phi) is 5.23. The van der Waals surface area contributed by atoms with Crippen molar-refractivity contribution < 1.29 is 12.9 Å². The molecule has 2 heterocycles. The predicted molar refractivity (Wildman–Crippen MR) is 76.2 cm³/mol. The molecular weight excluding hydrogens is 294 g/mol.